The molecule has 1 heterocycles. The van der Waals surface area contributed by atoms with Crippen LogP contribution in [0.15, 0.2) is 67.0 Å². The second-order valence-electron chi connectivity index (χ2n) is 6.53. The Bertz CT molecular complexity index is 1330. The zero-order valence-electron chi connectivity index (χ0n) is 15.9. The summed E-state index contributed by atoms with van der Waals surface area (Å²) in [6.07, 6.45) is -3.69. The number of ether oxygens (including phenoxy) is 1. The van der Waals surface area contributed by atoms with Crippen LogP contribution in [0.4, 0.5) is 30.4 Å². The molecule has 1 N–H and O–H groups in total. The minimum absolute atomic E-state index is 0.0976. The molecule has 0 radical (unpaired) electrons. The molecule has 0 atom stereocenters. The molecule has 0 bridgehead atoms. The van der Waals surface area contributed by atoms with Gasteiger partial charge in [0.15, 0.2) is 0 Å². The third-order valence-corrected chi connectivity index (χ3v) is 4.79. The minimum Gasteiger partial charge on any atom is -0.433 e. The molecule has 7 nitrogen and oxygen atoms in total. The van der Waals surface area contributed by atoms with E-state index in [1.807, 2.05) is 18.2 Å². The Morgan fingerprint density at radius 3 is 2.53 bits per heavy atom. The van der Waals surface area contributed by atoms with Gasteiger partial charge in [0.25, 0.3) is 0 Å². The van der Waals surface area contributed by atoms with Gasteiger partial charge in [0.05, 0.1) is 15.5 Å². The smallest absolute Gasteiger partial charge is 0.417 e. The Balaban J connectivity index is 1.74. The number of rotatable bonds is 5. The molecule has 162 valence electrons. The lowest BCUT2D eigenvalue weighted by atomic mass is 10.1. The van der Waals surface area contributed by atoms with Crippen molar-refractivity contribution in [1.29, 1.82) is 0 Å². The van der Waals surface area contributed by atoms with Crippen molar-refractivity contribution in [1.82, 2.24) is 9.97 Å². The van der Waals surface area contributed by atoms with Crippen molar-refractivity contribution in [3.8, 4) is 11.6 Å². The van der Waals surface area contributed by atoms with Crippen molar-refractivity contribution in [2.24, 2.45) is 0 Å². The summed E-state index contributed by atoms with van der Waals surface area (Å²) >= 11 is 5.63. The summed E-state index contributed by atoms with van der Waals surface area (Å²) < 4.78 is 45.2. The van der Waals surface area contributed by atoms with Crippen molar-refractivity contribution >= 4 is 39.6 Å². The average Bonchev–Trinajstić information content (AvgIpc) is 2.74. The average molecular weight is 461 g/mol. The predicted octanol–water partition coefficient (Wildman–Crippen LogP) is 6.75. The maximum absolute atomic E-state index is 13.1. The highest BCUT2D eigenvalue weighted by molar-refractivity contribution is 6.31. The Morgan fingerprint density at radius 1 is 1.03 bits per heavy atom. The molecule has 11 heteroatoms. The normalized spacial score (nSPS) is 11.4. The van der Waals surface area contributed by atoms with Crippen LogP contribution in [0.3, 0.4) is 0 Å². The summed E-state index contributed by atoms with van der Waals surface area (Å²) in [5, 5.41) is 15.3. The number of hydrogen-bond donors (Lipinski definition) is 1. The van der Waals surface area contributed by atoms with Gasteiger partial charge >= 0.3 is 17.7 Å². The number of nitro groups is 1. The van der Waals surface area contributed by atoms with E-state index in [1.54, 1.807) is 24.3 Å². The van der Waals surface area contributed by atoms with Gasteiger partial charge in [-0.15, -0.1) is 0 Å². The molecule has 0 spiro atoms. The Morgan fingerprint density at radius 2 is 1.78 bits per heavy atom. The third kappa shape index (κ3) is 4.26. The predicted molar refractivity (Wildman–Crippen MR) is 112 cm³/mol. The van der Waals surface area contributed by atoms with Gasteiger partial charge in [0.2, 0.25) is 5.82 Å². The fourth-order valence-corrected chi connectivity index (χ4v) is 3.26. The summed E-state index contributed by atoms with van der Waals surface area (Å²) in [5.41, 5.74) is -1.82. The van der Waals surface area contributed by atoms with E-state index in [0.29, 0.717) is 11.1 Å². The first-order valence-electron chi connectivity index (χ1n) is 9.03. The number of alkyl halides is 3. The van der Waals surface area contributed by atoms with Crippen molar-refractivity contribution in [3.05, 3.63) is 87.7 Å². The molecule has 3 aromatic carbocycles. The van der Waals surface area contributed by atoms with Gasteiger partial charge in [0, 0.05) is 11.1 Å². The number of nitrogens with one attached hydrogen (secondary N) is 1. The molecule has 4 aromatic rings. The number of aromatic nitrogens is 2. The quantitative estimate of drug-likeness (QED) is 0.262. The van der Waals surface area contributed by atoms with Crippen LogP contribution in [0.25, 0.3) is 10.8 Å². The number of halogens is 4. The maximum Gasteiger partial charge on any atom is 0.417 e. The van der Waals surface area contributed by atoms with Crippen LogP contribution < -0.4 is 10.1 Å². The molecule has 0 unspecified atom stereocenters. The van der Waals surface area contributed by atoms with E-state index in [1.165, 1.54) is 6.07 Å². The van der Waals surface area contributed by atoms with Gasteiger partial charge in [0.1, 0.15) is 12.1 Å². The second-order valence-corrected chi connectivity index (χ2v) is 6.94. The molecule has 0 aliphatic rings. The number of nitrogens with zero attached hydrogens (tertiary/aromatic N) is 3. The third-order valence-electron chi connectivity index (χ3n) is 4.46. The number of fused-ring (bicyclic) bond motifs is 1. The van der Waals surface area contributed by atoms with Crippen LogP contribution in [-0.2, 0) is 6.18 Å². The highest BCUT2D eigenvalue weighted by Gasteiger charge is 2.34. The van der Waals surface area contributed by atoms with E-state index in [-0.39, 0.29) is 17.4 Å². The maximum atomic E-state index is 13.1. The monoisotopic (exact) mass is 460 g/mol. The Labute approximate surface area is 183 Å². The summed E-state index contributed by atoms with van der Waals surface area (Å²) in [4.78, 5) is 18.7. The van der Waals surface area contributed by atoms with Gasteiger partial charge in [-0.05, 0) is 29.7 Å². The lowest BCUT2D eigenvalue weighted by molar-refractivity contribution is -0.385. The first-order valence-corrected chi connectivity index (χ1v) is 9.40. The molecule has 4 rings (SSSR count). The van der Waals surface area contributed by atoms with Crippen LogP contribution >= 0.6 is 11.6 Å². The fourth-order valence-electron chi connectivity index (χ4n) is 3.04. The van der Waals surface area contributed by atoms with E-state index in [9.17, 15) is 23.3 Å². The molecule has 1 aromatic heterocycles. The van der Waals surface area contributed by atoms with Gasteiger partial charge in [-0.2, -0.15) is 18.2 Å². The van der Waals surface area contributed by atoms with Crippen molar-refractivity contribution in [2.75, 3.05) is 5.32 Å². The lowest BCUT2D eigenvalue weighted by Crippen LogP contribution is -2.07. The van der Waals surface area contributed by atoms with Gasteiger partial charge < -0.3 is 10.1 Å². The molecular weight excluding hydrogens is 449 g/mol. The van der Waals surface area contributed by atoms with E-state index < -0.39 is 27.4 Å². The van der Waals surface area contributed by atoms with E-state index >= 15 is 0 Å². The van der Waals surface area contributed by atoms with Gasteiger partial charge in [-0.3, -0.25) is 10.1 Å². The first kappa shape index (κ1) is 21.3. The summed E-state index contributed by atoms with van der Waals surface area (Å²) in [7, 11) is 0. The zero-order chi connectivity index (χ0) is 22.9. The molecule has 0 saturated heterocycles. The zero-order valence-corrected chi connectivity index (χ0v) is 16.7. The Hall–Kier alpha value is -3.92. The van der Waals surface area contributed by atoms with Crippen molar-refractivity contribution in [3.63, 3.8) is 0 Å². The lowest BCUT2D eigenvalue weighted by Gasteiger charge is -2.13. The first-order chi connectivity index (χ1) is 15.2. The largest absolute Gasteiger partial charge is 0.433 e. The van der Waals surface area contributed by atoms with Crippen LogP contribution in [0.1, 0.15) is 5.56 Å². The van der Waals surface area contributed by atoms with Crippen molar-refractivity contribution in [2.45, 2.75) is 6.18 Å². The number of benzene rings is 3. The summed E-state index contributed by atoms with van der Waals surface area (Å²) in [6, 6.07) is 15.5. The van der Waals surface area contributed by atoms with E-state index in [2.05, 4.69) is 15.3 Å². The molecule has 0 amide bonds. The SMILES string of the molecule is O=[N+]([O-])c1c(Nc2ccc(Cl)c(C(F)(F)F)c2)ncnc1Oc1cccc2ccccc12. The van der Waals surface area contributed by atoms with Crippen LogP contribution in [0.2, 0.25) is 5.02 Å². The van der Waals surface area contributed by atoms with Crippen LogP contribution in [-0.4, -0.2) is 14.9 Å². The molecule has 0 aliphatic carbocycles. The topological polar surface area (TPSA) is 90.2 Å². The van der Waals surface area contributed by atoms with Crippen LogP contribution in [0.5, 0.6) is 11.6 Å². The molecule has 0 saturated carbocycles. The molecule has 0 aliphatic heterocycles. The molecule has 0 fully saturated rings. The van der Waals surface area contributed by atoms with Gasteiger partial charge in [-0.1, -0.05) is 48.0 Å². The van der Waals surface area contributed by atoms with E-state index in [4.69, 9.17) is 16.3 Å². The van der Waals surface area contributed by atoms with E-state index in [0.717, 1.165) is 23.8 Å². The van der Waals surface area contributed by atoms with Gasteiger partial charge in [-0.25, -0.2) is 4.98 Å². The molecule has 32 heavy (non-hydrogen) atoms. The summed E-state index contributed by atoms with van der Waals surface area (Å²) in [5.74, 6) is -0.383. The highest BCUT2D eigenvalue weighted by Crippen LogP contribution is 2.40. The van der Waals surface area contributed by atoms with Crippen molar-refractivity contribution < 1.29 is 22.8 Å². The summed E-state index contributed by atoms with van der Waals surface area (Å²) in [6.45, 7) is 0. The number of hydrogen-bond acceptors (Lipinski definition) is 6. The van der Waals surface area contributed by atoms with Crippen LogP contribution in [0, 0.1) is 10.1 Å². The standard InChI is InChI=1S/C21H12ClF3N4O3/c22-16-9-8-13(10-15(16)21(23,24)25)28-19-18(29(30)31)20(27-11-26-19)32-17-7-3-5-12-4-1-2-6-14(12)17/h1-11H,(H,26,27,28). The highest BCUT2D eigenvalue weighted by atomic mass is 35.5. The molecular formula is C21H12ClF3N4O3. The minimum atomic E-state index is -4.70. The second kappa shape index (κ2) is 8.31. The Kier molecular flexibility index (Phi) is 5.54. The number of anilines is 2. The fraction of sp³-hybridized carbons (Fsp3) is 0.0476.